The number of nitrogens with one attached hydrogen (secondary N) is 1. The third kappa shape index (κ3) is 4.04. The fraction of sp³-hybridized carbons (Fsp3) is 0.538. The van der Waals surface area contributed by atoms with E-state index in [4.69, 9.17) is 9.88 Å². The minimum Gasteiger partial charge on any atom is -0.381 e. The standard InChI is InChI=1S/C13H21N3O5S3/c1-3-15-11-9-16(6-4-5-7-21-2)24(19,20)13-10(11)8-12(22-13)23(14,17)18/h4-5,8,11,15H,3,6-7,9H2,1-2H3,(H2,14,17,18)/b5-4-. The molecule has 3 N–H and O–H groups in total. The van der Waals surface area contributed by atoms with Crippen molar-refractivity contribution in [2.45, 2.75) is 21.4 Å². The van der Waals surface area contributed by atoms with Gasteiger partial charge in [-0.25, -0.2) is 22.0 Å². The second-order valence-electron chi connectivity index (χ2n) is 5.21. The molecule has 0 saturated carbocycles. The lowest BCUT2D eigenvalue weighted by molar-refractivity contribution is 0.233. The van der Waals surface area contributed by atoms with Crippen molar-refractivity contribution in [1.82, 2.24) is 9.62 Å². The molecule has 1 aliphatic heterocycles. The van der Waals surface area contributed by atoms with Crippen LogP contribution in [-0.4, -0.2) is 54.5 Å². The Labute approximate surface area is 146 Å². The normalized spacial score (nSPS) is 21.2. The Morgan fingerprint density at radius 2 is 2.21 bits per heavy atom. The van der Waals surface area contributed by atoms with Gasteiger partial charge in [0.15, 0.2) is 0 Å². The van der Waals surface area contributed by atoms with E-state index in [1.54, 1.807) is 19.3 Å². The zero-order chi connectivity index (χ0) is 18.0. The Balaban J connectivity index is 2.43. The monoisotopic (exact) mass is 395 g/mol. The molecule has 0 spiro atoms. The van der Waals surface area contributed by atoms with E-state index in [-0.39, 0.29) is 27.5 Å². The number of primary sulfonamides is 1. The first-order chi connectivity index (χ1) is 11.2. The number of methoxy groups -OCH3 is 1. The first-order valence-electron chi connectivity index (χ1n) is 7.25. The number of nitrogens with two attached hydrogens (primary N) is 1. The van der Waals surface area contributed by atoms with E-state index in [0.717, 1.165) is 0 Å². The second kappa shape index (κ2) is 7.60. The maximum absolute atomic E-state index is 12.8. The van der Waals surface area contributed by atoms with Gasteiger partial charge in [-0.05, 0) is 12.6 Å². The molecular weight excluding hydrogens is 374 g/mol. The molecule has 0 bridgehead atoms. The van der Waals surface area contributed by atoms with Crippen LogP contribution >= 0.6 is 11.3 Å². The number of nitrogens with zero attached hydrogens (tertiary/aromatic N) is 1. The summed E-state index contributed by atoms with van der Waals surface area (Å²) in [6, 6.07) is 1.08. The Morgan fingerprint density at radius 3 is 2.79 bits per heavy atom. The van der Waals surface area contributed by atoms with Crippen LogP contribution in [0.4, 0.5) is 0 Å². The second-order valence-corrected chi connectivity index (χ2v) is 10.2. The topological polar surface area (TPSA) is 119 Å². The van der Waals surface area contributed by atoms with Gasteiger partial charge in [0, 0.05) is 31.8 Å². The number of likely N-dealkylation sites (N-methyl/N-ethyl adjacent to an activating group) is 1. The van der Waals surface area contributed by atoms with Gasteiger partial charge in [-0.2, -0.15) is 4.31 Å². The SMILES string of the molecule is CCNC1CN(C/C=C\COC)S(=O)(=O)c2sc(S(N)(=O)=O)cc21. The van der Waals surface area contributed by atoms with Crippen LogP contribution in [0.25, 0.3) is 0 Å². The smallest absolute Gasteiger partial charge is 0.253 e. The van der Waals surface area contributed by atoms with Gasteiger partial charge in [0.2, 0.25) is 10.0 Å². The summed E-state index contributed by atoms with van der Waals surface area (Å²) in [7, 11) is -6.16. The summed E-state index contributed by atoms with van der Waals surface area (Å²) in [6.45, 7) is 3.33. The van der Waals surface area contributed by atoms with Crippen LogP contribution in [0.1, 0.15) is 18.5 Å². The fourth-order valence-electron chi connectivity index (χ4n) is 2.42. The van der Waals surface area contributed by atoms with E-state index in [0.29, 0.717) is 30.1 Å². The van der Waals surface area contributed by atoms with E-state index in [1.807, 2.05) is 6.92 Å². The lowest BCUT2D eigenvalue weighted by Gasteiger charge is -2.31. The van der Waals surface area contributed by atoms with Crippen LogP contribution < -0.4 is 10.5 Å². The molecule has 0 radical (unpaired) electrons. The quantitative estimate of drug-likeness (QED) is 0.639. The maximum Gasteiger partial charge on any atom is 0.253 e. The number of thiophene rings is 1. The molecule has 0 amide bonds. The molecule has 0 aliphatic carbocycles. The van der Waals surface area contributed by atoms with Crippen LogP contribution in [0, 0.1) is 0 Å². The lowest BCUT2D eigenvalue weighted by Crippen LogP contribution is -2.43. The number of sulfonamides is 2. The Kier molecular flexibility index (Phi) is 6.18. The van der Waals surface area contributed by atoms with Gasteiger partial charge in [-0.3, -0.25) is 0 Å². The number of hydrogen-bond acceptors (Lipinski definition) is 7. The molecule has 136 valence electrons. The molecule has 8 nitrogen and oxygen atoms in total. The minimum absolute atomic E-state index is 0.0314. The number of ether oxygens (including phenoxy) is 1. The number of rotatable bonds is 7. The molecule has 2 rings (SSSR count). The van der Waals surface area contributed by atoms with Crippen molar-refractivity contribution in [1.29, 1.82) is 0 Å². The van der Waals surface area contributed by atoms with Crippen LogP contribution in [-0.2, 0) is 24.8 Å². The molecule has 0 aromatic carbocycles. The predicted octanol–water partition coefficient (Wildman–Crippen LogP) is 0.253. The summed E-state index contributed by atoms with van der Waals surface area (Å²) in [5.41, 5.74) is 0.461. The van der Waals surface area contributed by atoms with Crippen molar-refractivity contribution in [3.63, 3.8) is 0 Å². The van der Waals surface area contributed by atoms with Crippen molar-refractivity contribution in [3.8, 4) is 0 Å². The average Bonchev–Trinajstić information content (AvgIpc) is 2.95. The van der Waals surface area contributed by atoms with Gasteiger partial charge >= 0.3 is 0 Å². The average molecular weight is 396 g/mol. The van der Waals surface area contributed by atoms with Crippen LogP contribution in [0.5, 0.6) is 0 Å². The Bertz CT molecular complexity index is 814. The summed E-state index contributed by atoms with van der Waals surface area (Å²) in [5.74, 6) is 0. The van der Waals surface area contributed by atoms with Gasteiger partial charge in [-0.1, -0.05) is 19.1 Å². The van der Waals surface area contributed by atoms with Gasteiger partial charge in [0.25, 0.3) is 10.0 Å². The molecule has 1 aromatic rings. The molecule has 0 fully saturated rings. The van der Waals surface area contributed by atoms with Gasteiger partial charge < -0.3 is 10.1 Å². The zero-order valence-corrected chi connectivity index (χ0v) is 15.9. The highest BCUT2D eigenvalue weighted by Crippen LogP contribution is 2.39. The molecule has 0 saturated heterocycles. The third-order valence-corrected chi connectivity index (χ3v) is 8.44. The first kappa shape index (κ1) is 19.5. The number of fused-ring (bicyclic) bond motifs is 1. The van der Waals surface area contributed by atoms with Crippen molar-refractivity contribution >= 4 is 31.4 Å². The van der Waals surface area contributed by atoms with Crippen LogP contribution in [0.15, 0.2) is 26.6 Å². The summed E-state index contributed by atoms with van der Waals surface area (Å²) in [4.78, 5) is 0. The molecule has 11 heteroatoms. The summed E-state index contributed by atoms with van der Waals surface area (Å²) >= 11 is 0.695. The molecular formula is C13H21N3O5S3. The summed E-state index contributed by atoms with van der Waals surface area (Å²) in [6.07, 6.45) is 3.45. The lowest BCUT2D eigenvalue weighted by atomic mass is 10.1. The highest BCUT2D eigenvalue weighted by Gasteiger charge is 2.39. The largest absolute Gasteiger partial charge is 0.381 e. The highest BCUT2D eigenvalue weighted by molar-refractivity contribution is 7.94. The molecule has 1 atom stereocenters. The summed E-state index contributed by atoms with van der Waals surface area (Å²) in [5, 5.41) is 8.34. The minimum atomic E-state index is -3.95. The van der Waals surface area contributed by atoms with Gasteiger partial charge in [0.05, 0.1) is 6.61 Å². The Hall–Kier alpha value is -0.820. The van der Waals surface area contributed by atoms with Crippen molar-refractivity contribution < 1.29 is 21.6 Å². The zero-order valence-electron chi connectivity index (χ0n) is 13.4. The van der Waals surface area contributed by atoms with Gasteiger partial charge in [0.1, 0.15) is 8.42 Å². The molecule has 1 aliphatic rings. The van der Waals surface area contributed by atoms with Crippen molar-refractivity contribution in [2.75, 3.05) is 33.4 Å². The molecule has 2 heterocycles. The predicted molar refractivity (Wildman–Crippen MR) is 91.9 cm³/mol. The van der Waals surface area contributed by atoms with Crippen molar-refractivity contribution in [3.05, 3.63) is 23.8 Å². The van der Waals surface area contributed by atoms with E-state index in [2.05, 4.69) is 5.32 Å². The van der Waals surface area contributed by atoms with Crippen molar-refractivity contribution in [2.24, 2.45) is 5.14 Å². The van der Waals surface area contributed by atoms with E-state index < -0.39 is 20.0 Å². The fourth-order valence-corrected chi connectivity index (χ4v) is 6.64. The third-order valence-electron chi connectivity index (χ3n) is 3.51. The van der Waals surface area contributed by atoms with E-state index in [1.165, 1.54) is 10.4 Å². The molecule has 1 unspecified atom stereocenters. The highest BCUT2D eigenvalue weighted by atomic mass is 32.3. The van der Waals surface area contributed by atoms with Gasteiger partial charge in [-0.15, -0.1) is 11.3 Å². The maximum atomic E-state index is 12.8. The van der Waals surface area contributed by atoms with Crippen LogP contribution in [0.3, 0.4) is 0 Å². The van der Waals surface area contributed by atoms with Crippen LogP contribution in [0.2, 0.25) is 0 Å². The van der Waals surface area contributed by atoms with E-state index in [9.17, 15) is 16.8 Å². The Morgan fingerprint density at radius 1 is 1.50 bits per heavy atom. The molecule has 24 heavy (non-hydrogen) atoms. The number of hydrogen-bond donors (Lipinski definition) is 2. The summed E-state index contributed by atoms with van der Waals surface area (Å²) < 4.78 is 54.8. The first-order valence-corrected chi connectivity index (χ1v) is 11.1. The molecule has 1 aromatic heterocycles. The van der Waals surface area contributed by atoms with E-state index >= 15 is 0 Å².